The van der Waals surface area contributed by atoms with E-state index in [9.17, 15) is 14.4 Å². The molecule has 0 fully saturated rings. The van der Waals surface area contributed by atoms with Crippen LogP contribution >= 0.6 is 0 Å². The zero-order valence-electron chi connectivity index (χ0n) is 10.6. The molecule has 0 saturated heterocycles. The van der Waals surface area contributed by atoms with Gasteiger partial charge in [-0.25, -0.2) is 0 Å². The lowest BCUT2D eigenvalue weighted by molar-refractivity contribution is -0.135. The first-order valence-corrected chi connectivity index (χ1v) is 6.24. The molecule has 0 N–H and O–H groups in total. The number of fused-ring (bicyclic) bond motifs is 1. The lowest BCUT2D eigenvalue weighted by Gasteiger charge is -2.16. The number of imide groups is 1. The van der Waals surface area contributed by atoms with Crippen LogP contribution in [0.2, 0.25) is 0 Å². The molecular weight excluding hydrogens is 254 g/mol. The van der Waals surface area contributed by atoms with Gasteiger partial charge in [-0.1, -0.05) is 36.4 Å². The normalized spacial score (nSPS) is 17.2. The van der Waals surface area contributed by atoms with Crippen molar-refractivity contribution in [3.8, 4) is 0 Å². The summed E-state index contributed by atoms with van der Waals surface area (Å²) in [7, 11) is 1.40. The minimum Gasteiger partial charge on any atom is -0.288 e. The molecule has 1 heterocycles. The lowest BCUT2D eigenvalue weighted by Crippen LogP contribution is -2.27. The van der Waals surface area contributed by atoms with E-state index in [1.807, 2.05) is 18.2 Å². The average molecular weight is 263 g/mol. The van der Waals surface area contributed by atoms with E-state index in [1.54, 1.807) is 18.2 Å². The van der Waals surface area contributed by atoms with Gasteiger partial charge in [0.05, 0.1) is 5.57 Å². The molecular formula is C16H9NO3. The molecule has 1 aliphatic carbocycles. The fourth-order valence-electron chi connectivity index (χ4n) is 2.98. The summed E-state index contributed by atoms with van der Waals surface area (Å²) in [5.74, 6) is -1.27. The minimum atomic E-state index is -0.512. The zero-order chi connectivity index (χ0) is 14.0. The number of amides is 2. The number of nitrogens with zero attached hydrogens (tertiary/aromatic N) is 1. The Hall–Kier alpha value is -2.75. The molecule has 20 heavy (non-hydrogen) atoms. The fourth-order valence-corrected chi connectivity index (χ4v) is 2.98. The first-order chi connectivity index (χ1) is 9.61. The molecule has 0 unspecified atom stereocenters. The maximum atomic E-state index is 12.5. The standard InChI is InChI=1S/C16H9NO3/c1-17-15(19)12-9-6-2-4-8-5-3-7-10(11(8)9)14(18)13(12)16(17)20/h2-7H,1H3. The van der Waals surface area contributed by atoms with Gasteiger partial charge in [-0.3, -0.25) is 19.3 Å². The van der Waals surface area contributed by atoms with Gasteiger partial charge in [0, 0.05) is 18.0 Å². The van der Waals surface area contributed by atoms with E-state index in [2.05, 4.69) is 0 Å². The second kappa shape index (κ2) is 3.42. The van der Waals surface area contributed by atoms with E-state index < -0.39 is 11.8 Å². The summed E-state index contributed by atoms with van der Waals surface area (Å²) in [6.45, 7) is 0. The van der Waals surface area contributed by atoms with Crippen molar-refractivity contribution in [3.05, 3.63) is 53.1 Å². The highest BCUT2D eigenvalue weighted by Gasteiger charge is 2.43. The topological polar surface area (TPSA) is 54.5 Å². The summed E-state index contributed by atoms with van der Waals surface area (Å²) in [6, 6.07) is 10.9. The Morgan fingerprint density at radius 2 is 1.40 bits per heavy atom. The van der Waals surface area contributed by atoms with Gasteiger partial charge in [-0.05, 0) is 10.9 Å². The molecule has 1 aliphatic heterocycles. The Bertz CT molecular complexity index is 871. The Labute approximate surface area is 114 Å². The van der Waals surface area contributed by atoms with Gasteiger partial charge in [0.15, 0.2) is 5.78 Å². The van der Waals surface area contributed by atoms with Gasteiger partial charge in [0.1, 0.15) is 5.57 Å². The third-order valence-electron chi connectivity index (χ3n) is 3.93. The maximum absolute atomic E-state index is 12.5. The predicted octanol–water partition coefficient (Wildman–Crippen LogP) is 1.79. The molecule has 0 radical (unpaired) electrons. The van der Waals surface area contributed by atoms with Crippen LogP contribution in [0.1, 0.15) is 15.9 Å². The van der Waals surface area contributed by atoms with Crippen molar-refractivity contribution in [1.29, 1.82) is 0 Å². The fraction of sp³-hybridized carbons (Fsp3) is 0.0625. The molecule has 0 bridgehead atoms. The van der Waals surface area contributed by atoms with Gasteiger partial charge in [-0.15, -0.1) is 0 Å². The SMILES string of the molecule is CN1C(=O)C2=C(C1=O)c1cccc3cccc(c13)C2=O. The van der Waals surface area contributed by atoms with E-state index >= 15 is 0 Å². The van der Waals surface area contributed by atoms with Gasteiger partial charge < -0.3 is 0 Å². The highest BCUT2D eigenvalue weighted by molar-refractivity contribution is 6.50. The first kappa shape index (κ1) is 11.1. The van der Waals surface area contributed by atoms with E-state index in [-0.39, 0.29) is 16.9 Å². The largest absolute Gasteiger partial charge is 0.288 e. The van der Waals surface area contributed by atoms with Crippen molar-refractivity contribution in [3.63, 3.8) is 0 Å². The quantitative estimate of drug-likeness (QED) is 0.538. The number of carbonyl (C=O) groups is 3. The molecule has 0 atom stereocenters. The van der Waals surface area contributed by atoms with E-state index in [4.69, 9.17) is 0 Å². The monoisotopic (exact) mass is 263 g/mol. The number of ketones is 1. The number of benzene rings is 2. The Kier molecular flexibility index (Phi) is 1.90. The van der Waals surface area contributed by atoms with Crippen molar-refractivity contribution in [1.82, 2.24) is 4.90 Å². The van der Waals surface area contributed by atoms with Crippen LogP contribution in [-0.4, -0.2) is 29.5 Å². The van der Waals surface area contributed by atoms with Crippen LogP contribution in [0, 0.1) is 0 Å². The molecule has 4 nitrogen and oxygen atoms in total. The van der Waals surface area contributed by atoms with Gasteiger partial charge in [0.2, 0.25) is 0 Å². The van der Waals surface area contributed by atoms with Crippen LogP contribution in [-0.2, 0) is 9.59 Å². The molecule has 2 aliphatic rings. The summed E-state index contributed by atoms with van der Waals surface area (Å²) in [6.07, 6.45) is 0. The molecule has 2 aromatic rings. The molecule has 2 amide bonds. The summed E-state index contributed by atoms with van der Waals surface area (Å²) < 4.78 is 0. The molecule has 0 aromatic heterocycles. The summed E-state index contributed by atoms with van der Waals surface area (Å²) in [4.78, 5) is 37.9. The van der Waals surface area contributed by atoms with Gasteiger partial charge in [0.25, 0.3) is 11.8 Å². The van der Waals surface area contributed by atoms with E-state index in [1.165, 1.54) is 7.05 Å². The van der Waals surface area contributed by atoms with Crippen LogP contribution in [0.4, 0.5) is 0 Å². The maximum Gasteiger partial charge on any atom is 0.265 e. The average Bonchev–Trinajstić information content (AvgIpc) is 2.69. The number of carbonyl (C=O) groups excluding carboxylic acids is 3. The summed E-state index contributed by atoms with van der Waals surface area (Å²) in [5, 5.41) is 1.66. The third kappa shape index (κ3) is 1.09. The van der Waals surface area contributed by atoms with E-state index in [0.717, 1.165) is 15.7 Å². The molecule has 4 heteroatoms. The van der Waals surface area contributed by atoms with Gasteiger partial charge >= 0.3 is 0 Å². The highest BCUT2D eigenvalue weighted by Crippen LogP contribution is 2.40. The van der Waals surface area contributed by atoms with Crippen molar-refractivity contribution in [2.24, 2.45) is 0 Å². The molecule has 0 spiro atoms. The van der Waals surface area contributed by atoms with Crippen LogP contribution in [0.5, 0.6) is 0 Å². The number of hydrogen-bond donors (Lipinski definition) is 0. The van der Waals surface area contributed by atoms with Crippen LogP contribution in [0.3, 0.4) is 0 Å². The smallest absolute Gasteiger partial charge is 0.265 e. The Morgan fingerprint density at radius 1 is 0.800 bits per heavy atom. The summed E-state index contributed by atoms with van der Waals surface area (Å²) >= 11 is 0. The number of Topliss-reactive ketones (excluding diaryl/α,β-unsaturated/α-hetero) is 1. The minimum absolute atomic E-state index is 0.00343. The zero-order valence-corrected chi connectivity index (χ0v) is 10.6. The molecule has 2 aromatic carbocycles. The van der Waals surface area contributed by atoms with Crippen molar-refractivity contribution < 1.29 is 14.4 Å². The second-order valence-corrected chi connectivity index (χ2v) is 4.96. The van der Waals surface area contributed by atoms with Crippen LogP contribution in [0.25, 0.3) is 16.3 Å². The van der Waals surface area contributed by atoms with Gasteiger partial charge in [-0.2, -0.15) is 0 Å². The number of hydrogen-bond acceptors (Lipinski definition) is 3. The number of likely N-dealkylation sites (N-methyl/N-ethyl adjacent to an activating group) is 1. The highest BCUT2D eigenvalue weighted by atomic mass is 16.2. The third-order valence-corrected chi connectivity index (χ3v) is 3.93. The van der Waals surface area contributed by atoms with Crippen molar-refractivity contribution in [2.45, 2.75) is 0 Å². The van der Waals surface area contributed by atoms with Crippen LogP contribution in [0.15, 0.2) is 42.0 Å². The van der Waals surface area contributed by atoms with Crippen LogP contribution < -0.4 is 0 Å². The second-order valence-electron chi connectivity index (χ2n) is 4.96. The van der Waals surface area contributed by atoms with Crippen molar-refractivity contribution >= 4 is 33.9 Å². The van der Waals surface area contributed by atoms with E-state index in [0.29, 0.717) is 11.1 Å². The Balaban J connectivity index is 2.20. The van der Waals surface area contributed by atoms with Crippen molar-refractivity contribution in [2.75, 3.05) is 7.05 Å². The molecule has 96 valence electrons. The first-order valence-electron chi connectivity index (χ1n) is 6.24. The molecule has 0 saturated carbocycles. The lowest BCUT2D eigenvalue weighted by atomic mass is 9.84. The Morgan fingerprint density at radius 3 is 2.10 bits per heavy atom. The summed E-state index contributed by atoms with van der Waals surface area (Å²) in [5.41, 5.74) is 1.42. The molecule has 4 rings (SSSR count). The predicted molar refractivity (Wildman–Crippen MR) is 73.0 cm³/mol. The number of rotatable bonds is 0.